The second-order valence-corrected chi connectivity index (χ2v) is 5.65. The van der Waals surface area contributed by atoms with Gasteiger partial charge in [0.2, 0.25) is 0 Å². The Bertz CT molecular complexity index is 182. The number of rotatable bonds is 11. The highest BCUT2D eigenvalue weighted by molar-refractivity contribution is 4.83. The van der Waals surface area contributed by atoms with Crippen molar-refractivity contribution in [1.82, 2.24) is 9.80 Å². The minimum absolute atomic E-state index is 0.715. The SMILES string of the molecule is CCCCN(C)C(CCC)C(CC)N(C)CCC. The molecule has 2 nitrogen and oxygen atoms in total. The van der Waals surface area contributed by atoms with Gasteiger partial charge < -0.3 is 9.80 Å². The van der Waals surface area contributed by atoms with E-state index in [1.165, 1.54) is 51.6 Å². The monoisotopic (exact) mass is 256 g/mol. The predicted octanol–water partition coefficient (Wildman–Crippen LogP) is 4.01. The maximum atomic E-state index is 2.60. The van der Waals surface area contributed by atoms with E-state index < -0.39 is 0 Å². The summed E-state index contributed by atoms with van der Waals surface area (Å²) in [7, 11) is 4.62. The van der Waals surface area contributed by atoms with Crippen LogP contribution < -0.4 is 0 Å². The van der Waals surface area contributed by atoms with Gasteiger partial charge in [-0.1, -0.05) is 40.5 Å². The van der Waals surface area contributed by atoms with Crippen LogP contribution in [0.3, 0.4) is 0 Å². The van der Waals surface area contributed by atoms with Crippen LogP contribution >= 0.6 is 0 Å². The first kappa shape index (κ1) is 17.9. The highest BCUT2D eigenvalue weighted by atomic mass is 15.2. The fraction of sp³-hybridized carbons (Fsp3) is 1.00. The normalized spacial score (nSPS) is 15.3. The molecule has 0 aliphatic carbocycles. The van der Waals surface area contributed by atoms with E-state index in [1.54, 1.807) is 0 Å². The Hall–Kier alpha value is -0.0800. The lowest BCUT2D eigenvalue weighted by atomic mass is 9.97. The molecular weight excluding hydrogens is 220 g/mol. The summed E-state index contributed by atoms with van der Waals surface area (Å²) in [6.07, 6.45) is 7.75. The van der Waals surface area contributed by atoms with E-state index in [0.717, 1.165) is 6.04 Å². The molecule has 0 aromatic carbocycles. The maximum absolute atomic E-state index is 2.60. The van der Waals surface area contributed by atoms with E-state index in [-0.39, 0.29) is 0 Å². The minimum Gasteiger partial charge on any atom is -0.302 e. The Morgan fingerprint density at radius 2 is 1.33 bits per heavy atom. The first-order valence-electron chi connectivity index (χ1n) is 8.02. The zero-order chi connectivity index (χ0) is 14.0. The van der Waals surface area contributed by atoms with Gasteiger partial charge in [0.1, 0.15) is 0 Å². The van der Waals surface area contributed by atoms with Gasteiger partial charge in [0.25, 0.3) is 0 Å². The highest BCUT2D eigenvalue weighted by Gasteiger charge is 2.25. The van der Waals surface area contributed by atoms with Crippen molar-refractivity contribution >= 4 is 0 Å². The van der Waals surface area contributed by atoms with Gasteiger partial charge in [-0.2, -0.15) is 0 Å². The maximum Gasteiger partial charge on any atom is 0.0248 e. The molecule has 0 radical (unpaired) electrons. The van der Waals surface area contributed by atoms with Crippen LogP contribution in [0.15, 0.2) is 0 Å². The van der Waals surface area contributed by atoms with Crippen LogP contribution in [0, 0.1) is 0 Å². The Kier molecular flexibility index (Phi) is 10.8. The molecule has 0 heterocycles. The Morgan fingerprint density at radius 1 is 0.722 bits per heavy atom. The third kappa shape index (κ3) is 6.19. The number of unbranched alkanes of at least 4 members (excludes halogenated alkanes) is 1. The van der Waals surface area contributed by atoms with Crippen molar-refractivity contribution in [1.29, 1.82) is 0 Å². The topological polar surface area (TPSA) is 6.48 Å². The summed E-state index contributed by atoms with van der Waals surface area (Å²) in [5.41, 5.74) is 0. The molecule has 0 saturated heterocycles. The molecule has 0 fully saturated rings. The summed E-state index contributed by atoms with van der Waals surface area (Å²) in [6, 6.07) is 1.44. The molecule has 110 valence electrons. The fourth-order valence-electron chi connectivity index (χ4n) is 2.97. The molecule has 0 aromatic rings. The summed E-state index contributed by atoms with van der Waals surface area (Å²) < 4.78 is 0. The third-order valence-electron chi connectivity index (χ3n) is 4.02. The smallest absolute Gasteiger partial charge is 0.0248 e. The van der Waals surface area contributed by atoms with Gasteiger partial charge in [-0.25, -0.2) is 0 Å². The van der Waals surface area contributed by atoms with Crippen molar-refractivity contribution in [3.63, 3.8) is 0 Å². The van der Waals surface area contributed by atoms with Crippen LogP contribution in [0.25, 0.3) is 0 Å². The van der Waals surface area contributed by atoms with Crippen molar-refractivity contribution in [2.75, 3.05) is 27.2 Å². The van der Waals surface area contributed by atoms with Crippen LogP contribution in [-0.4, -0.2) is 49.1 Å². The molecule has 0 aliphatic heterocycles. The summed E-state index contributed by atoms with van der Waals surface area (Å²) >= 11 is 0. The van der Waals surface area contributed by atoms with Crippen molar-refractivity contribution < 1.29 is 0 Å². The standard InChI is InChI=1S/C16H36N2/c1-7-11-14-18(6)16(12-8-2)15(10-4)17(5)13-9-3/h15-16H,7-14H2,1-6H3. The summed E-state index contributed by atoms with van der Waals surface area (Å²) in [6.45, 7) is 11.7. The number of hydrogen-bond acceptors (Lipinski definition) is 2. The quantitative estimate of drug-likeness (QED) is 0.551. The van der Waals surface area contributed by atoms with E-state index in [9.17, 15) is 0 Å². The average molecular weight is 256 g/mol. The zero-order valence-corrected chi connectivity index (χ0v) is 13.7. The van der Waals surface area contributed by atoms with Gasteiger partial charge in [0.05, 0.1) is 0 Å². The van der Waals surface area contributed by atoms with Gasteiger partial charge >= 0.3 is 0 Å². The van der Waals surface area contributed by atoms with Crippen LogP contribution in [0.1, 0.15) is 66.2 Å². The van der Waals surface area contributed by atoms with Gasteiger partial charge in [0.15, 0.2) is 0 Å². The lowest BCUT2D eigenvalue weighted by Crippen LogP contribution is -2.49. The summed E-state index contributed by atoms with van der Waals surface area (Å²) in [5, 5.41) is 0. The average Bonchev–Trinajstić information content (AvgIpc) is 2.36. The molecule has 2 heteroatoms. The molecule has 2 atom stereocenters. The van der Waals surface area contributed by atoms with Gasteiger partial charge in [0, 0.05) is 12.1 Å². The lowest BCUT2D eigenvalue weighted by Gasteiger charge is -2.39. The largest absolute Gasteiger partial charge is 0.302 e. The second kappa shape index (κ2) is 10.8. The van der Waals surface area contributed by atoms with Crippen molar-refractivity contribution in [3.05, 3.63) is 0 Å². The molecule has 2 unspecified atom stereocenters. The number of nitrogens with zero attached hydrogens (tertiary/aromatic N) is 2. The van der Waals surface area contributed by atoms with E-state index in [2.05, 4.69) is 51.6 Å². The van der Waals surface area contributed by atoms with Gasteiger partial charge in [-0.15, -0.1) is 0 Å². The molecular formula is C16H36N2. The van der Waals surface area contributed by atoms with E-state index in [0.29, 0.717) is 6.04 Å². The summed E-state index contributed by atoms with van der Waals surface area (Å²) in [4.78, 5) is 5.18. The van der Waals surface area contributed by atoms with E-state index >= 15 is 0 Å². The highest BCUT2D eigenvalue weighted by Crippen LogP contribution is 2.18. The minimum atomic E-state index is 0.715. The first-order valence-corrected chi connectivity index (χ1v) is 8.02. The zero-order valence-electron chi connectivity index (χ0n) is 13.7. The van der Waals surface area contributed by atoms with Crippen LogP contribution in [0.2, 0.25) is 0 Å². The molecule has 0 saturated carbocycles. The number of hydrogen-bond donors (Lipinski definition) is 0. The molecule has 0 bridgehead atoms. The van der Waals surface area contributed by atoms with E-state index in [4.69, 9.17) is 0 Å². The van der Waals surface area contributed by atoms with Crippen LogP contribution in [-0.2, 0) is 0 Å². The molecule has 0 N–H and O–H groups in total. The molecule has 0 rings (SSSR count). The Balaban J connectivity index is 4.58. The third-order valence-corrected chi connectivity index (χ3v) is 4.02. The van der Waals surface area contributed by atoms with Crippen molar-refractivity contribution in [2.24, 2.45) is 0 Å². The van der Waals surface area contributed by atoms with Crippen LogP contribution in [0.4, 0.5) is 0 Å². The molecule has 0 aliphatic rings. The van der Waals surface area contributed by atoms with Crippen molar-refractivity contribution in [2.45, 2.75) is 78.3 Å². The second-order valence-electron chi connectivity index (χ2n) is 5.65. The predicted molar refractivity (Wildman–Crippen MR) is 83.2 cm³/mol. The van der Waals surface area contributed by atoms with E-state index in [1.807, 2.05) is 0 Å². The van der Waals surface area contributed by atoms with Crippen LogP contribution in [0.5, 0.6) is 0 Å². The molecule has 18 heavy (non-hydrogen) atoms. The fourth-order valence-corrected chi connectivity index (χ4v) is 2.97. The Morgan fingerprint density at radius 3 is 1.78 bits per heavy atom. The van der Waals surface area contributed by atoms with Gasteiger partial charge in [-0.05, 0) is 52.9 Å². The first-order chi connectivity index (χ1) is 8.62. The lowest BCUT2D eigenvalue weighted by molar-refractivity contribution is 0.101. The molecule has 0 aromatic heterocycles. The van der Waals surface area contributed by atoms with Gasteiger partial charge in [-0.3, -0.25) is 0 Å². The van der Waals surface area contributed by atoms with Crippen molar-refractivity contribution in [3.8, 4) is 0 Å². The molecule has 0 spiro atoms. The Labute approximate surface area is 116 Å². The number of likely N-dealkylation sites (N-methyl/N-ethyl adjacent to an activating group) is 2. The molecule has 0 amide bonds. The summed E-state index contributed by atoms with van der Waals surface area (Å²) in [5.74, 6) is 0.